The number of aliphatic imine (C=N–C) groups is 1. The third-order valence-electron chi connectivity index (χ3n) is 3.44. The molecule has 0 aliphatic heterocycles. The average Bonchev–Trinajstić information content (AvgIpc) is 2.52. The van der Waals surface area contributed by atoms with E-state index in [1.54, 1.807) is 13.1 Å². The molecule has 0 spiro atoms. The van der Waals surface area contributed by atoms with Gasteiger partial charge in [0.15, 0.2) is 5.78 Å². The van der Waals surface area contributed by atoms with Gasteiger partial charge in [0, 0.05) is 18.7 Å². The normalized spacial score (nSPS) is 12.5. The van der Waals surface area contributed by atoms with Gasteiger partial charge in [-0.1, -0.05) is 43.3 Å². The van der Waals surface area contributed by atoms with Crippen LogP contribution in [0.15, 0.2) is 53.5 Å². The van der Waals surface area contributed by atoms with Gasteiger partial charge in [0.2, 0.25) is 0 Å². The Labute approximate surface area is 128 Å². The highest BCUT2D eigenvalue weighted by Crippen LogP contribution is 2.19. The summed E-state index contributed by atoms with van der Waals surface area (Å²) in [5.74, 6) is -2.72. The van der Waals surface area contributed by atoms with E-state index < -0.39 is 28.9 Å². The first-order valence-electron chi connectivity index (χ1n) is 7.16. The number of Topliss-reactive ketones (excluding diaryl/α,β-unsaturated/α-hetero) is 1. The van der Waals surface area contributed by atoms with Crippen LogP contribution in [0.1, 0.15) is 29.3 Å². The molecule has 2 nitrogen and oxygen atoms in total. The fourth-order valence-corrected chi connectivity index (χ4v) is 2.16. The summed E-state index contributed by atoms with van der Waals surface area (Å²) in [6.07, 6.45) is 2.13. The monoisotopic (exact) mass is 301 g/mol. The van der Waals surface area contributed by atoms with E-state index in [1.165, 1.54) is 6.07 Å². The molecule has 0 bridgehead atoms. The lowest BCUT2D eigenvalue weighted by Crippen LogP contribution is -2.20. The molecule has 0 N–H and O–H groups in total. The summed E-state index contributed by atoms with van der Waals surface area (Å²) in [6, 6.07) is 12.9. The van der Waals surface area contributed by atoms with Gasteiger partial charge >= 0.3 is 0 Å². The second kappa shape index (κ2) is 7.59. The Hall–Kier alpha value is -2.36. The minimum atomic E-state index is -0.824. The van der Waals surface area contributed by atoms with Crippen LogP contribution in [-0.2, 0) is 0 Å². The maximum absolute atomic E-state index is 13.7. The topological polar surface area (TPSA) is 29.4 Å². The van der Waals surface area contributed by atoms with E-state index in [1.807, 2.05) is 30.3 Å². The number of carbonyl (C=O) groups is 1. The van der Waals surface area contributed by atoms with Crippen molar-refractivity contribution in [3.8, 4) is 0 Å². The van der Waals surface area contributed by atoms with Gasteiger partial charge in [-0.3, -0.25) is 9.79 Å². The number of ketones is 1. The van der Waals surface area contributed by atoms with Gasteiger partial charge in [0.1, 0.15) is 11.6 Å². The Morgan fingerprint density at radius 2 is 1.73 bits per heavy atom. The SMILES string of the molecule is CCC(CN=Cc1ccccc1)C(=O)c1c(F)cccc1F. The summed E-state index contributed by atoms with van der Waals surface area (Å²) < 4.78 is 27.4. The molecule has 1 atom stereocenters. The van der Waals surface area contributed by atoms with Crippen LogP contribution in [0.25, 0.3) is 0 Å². The van der Waals surface area contributed by atoms with Crippen LogP contribution < -0.4 is 0 Å². The van der Waals surface area contributed by atoms with Crippen molar-refractivity contribution in [2.75, 3.05) is 6.54 Å². The lowest BCUT2D eigenvalue weighted by molar-refractivity contribution is 0.0913. The van der Waals surface area contributed by atoms with Crippen molar-refractivity contribution in [1.29, 1.82) is 0 Å². The van der Waals surface area contributed by atoms with Crippen molar-refractivity contribution in [2.24, 2.45) is 10.9 Å². The maximum Gasteiger partial charge on any atom is 0.173 e. The number of nitrogens with zero attached hydrogens (tertiary/aromatic N) is 1. The van der Waals surface area contributed by atoms with Crippen molar-refractivity contribution in [1.82, 2.24) is 0 Å². The van der Waals surface area contributed by atoms with Crippen LogP contribution in [0.2, 0.25) is 0 Å². The van der Waals surface area contributed by atoms with Gasteiger partial charge in [-0.15, -0.1) is 0 Å². The molecule has 0 fully saturated rings. The summed E-state index contributed by atoms with van der Waals surface area (Å²) >= 11 is 0. The Balaban J connectivity index is 2.11. The van der Waals surface area contributed by atoms with Crippen molar-refractivity contribution < 1.29 is 13.6 Å². The van der Waals surface area contributed by atoms with Crippen molar-refractivity contribution in [3.05, 3.63) is 71.3 Å². The molecular formula is C18H17F2NO. The van der Waals surface area contributed by atoms with Crippen molar-refractivity contribution >= 4 is 12.0 Å². The van der Waals surface area contributed by atoms with Gasteiger partial charge in [-0.05, 0) is 24.1 Å². The Bertz CT molecular complexity index is 648. The Morgan fingerprint density at radius 3 is 2.32 bits per heavy atom. The second-order valence-corrected chi connectivity index (χ2v) is 4.97. The zero-order chi connectivity index (χ0) is 15.9. The molecular weight excluding hydrogens is 284 g/mol. The molecule has 0 aliphatic rings. The summed E-state index contributed by atoms with van der Waals surface area (Å²) in [4.78, 5) is 16.5. The largest absolute Gasteiger partial charge is 0.294 e. The van der Waals surface area contributed by atoms with E-state index in [9.17, 15) is 13.6 Å². The quantitative estimate of drug-likeness (QED) is 0.578. The van der Waals surface area contributed by atoms with E-state index in [-0.39, 0.29) is 6.54 Å². The van der Waals surface area contributed by atoms with Gasteiger partial charge in [0.25, 0.3) is 0 Å². The van der Waals surface area contributed by atoms with Crippen LogP contribution in [0.4, 0.5) is 8.78 Å². The first-order chi connectivity index (χ1) is 10.6. The smallest absolute Gasteiger partial charge is 0.173 e. The second-order valence-electron chi connectivity index (χ2n) is 4.97. The molecule has 2 aromatic rings. The summed E-state index contributed by atoms with van der Waals surface area (Å²) in [7, 11) is 0. The minimum absolute atomic E-state index is 0.206. The van der Waals surface area contributed by atoms with E-state index in [0.29, 0.717) is 6.42 Å². The highest BCUT2D eigenvalue weighted by molar-refractivity contribution is 5.98. The third kappa shape index (κ3) is 3.85. The van der Waals surface area contributed by atoms with E-state index in [4.69, 9.17) is 0 Å². The predicted molar refractivity (Wildman–Crippen MR) is 83.4 cm³/mol. The fraction of sp³-hybridized carbons (Fsp3) is 0.222. The molecule has 22 heavy (non-hydrogen) atoms. The maximum atomic E-state index is 13.7. The Morgan fingerprint density at radius 1 is 1.09 bits per heavy atom. The number of hydrogen-bond donors (Lipinski definition) is 0. The standard InChI is InChI=1S/C18H17F2NO/c1-2-14(12-21-11-13-7-4-3-5-8-13)18(22)17-15(19)9-6-10-16(17)20/h3-11,14H,2,12H2,1H3. The van der Waals surface area contributed by atoms with E-state index >= 15 is 0 Å². The van der Waals surface area contributed by atoms with Crippen LogP contribution in [0, 0.1) is 17.6 Å². The molecule has 1 unspecified atom stereocenters. The third-order valence-corrected chi connectivity index (χ3v) is 3.44. The zero-order valence-corrected chi connectivity index (χ0v) is 12.3. The molecule has 0 heterocycles. The first kappa shape index (κ1) is 16.0. The van der Waals surface area contributed by atoms with Gasteiger partial charge in [-0.2, -0.15) is 0 Å². The molecule has 0 saturated heterocycles. The average molecular weight is 301 g/mol. The van der Waals surface area contributed by atoms with Crippen molar-refractivity contribution in [3.63, 3.8) is 0 Å². The number of hydrogen-bond acceptors (Lipinski definition) is 2. The van der Waals surface area contributed by atoms with Crippen LogP contribution >= 0.6 is 0 Å². The predicted octanol–water partition coefficient (Wildman–Crippen LogP) is 4.29. The van der Waals surface area contributed by atoms with Crippen molar-refractivity contribution in [2.45, 2.75) is 13.3 Å². The molecule has 0 amide bonds. The molecule has 0 radical (unpaired) electrons. The van der Waals surface area contributed by atoms with Crippen LogP contribution in [-0.4, -0.2) is 18.5 Å². The summed E-state index contributed by atoms with van der Waals surface area (Å²) in [5.41, 5.74) is 0.450. The highest BCUT2D eigenvalue weighted by Gasteiger charge is 2.24. The molecule has 0 aliphatic carbocycles. The number of benzene rings is 2. The summed E-state index contributed by atoms with van der Waals surface area (Å²) in [5, 5.41) is 0. The molecule has 4 heteroatoms. The van der Waals surface area contributed by atoms with E-state index in [0.717, 1.165) is 17.7 Å². The van der Waals surface area contributed by atoms with E-state index in [2.05, 4.69) is 4.99 Å². The lowest BCUT2D eigenvalue weighted by atomic mass is 9.94. The van der Waals surface area contributed by atoms with Gasteiger partial charge < -0.3 is 0 Å². The van der Waals surface area contributed by atoms with Crippen LogP contribution in [0.3, 0.4) is 0 Å². The number of carbonyl (C=O) groups excluding carboxylic acids is 1. The number of halogens is 2. The van der Waals surface area contributed by atoms with Gasteiger partial charge in [0.05, 0.1) is 5.56 Å². The molecule has 2 rings (SSSR count). The molecule has 0 saturated carbocycles. The van der Waals surface area contributed by atoms with Crippen LogP contribution in [0.5, 0.6) is 0 Å². The molecule has 0 aromatic heterocycles. The first-order valence-corrected chi connectivity index (χ1v) is 7.16. The summed E-state index contributed by atoms with van der Waals surface area (Å²) in [6.45, 7) is 2.01. The highest BCUT2D eigenvalue weighted by atomic mass is 19.1. The lowest BCUT2D eigenvalue weighted by Gasteiger charge is -2.12. The molecule has 114 valence electrons. The minimum Gasteiger partial charge on any atom is -0.294 e. The number of rotatable bonds is 6. The Kier molecular flexibility index (Phi) is 5.53. The molecule has 2 aromatic carbocycles. The zero-order valence-electron chi connectivity index (χ0n) is 12.3. The van der Waals surface area contributed by atoms with Gasteiger partial charge in [-0.25, -0.2) is 8.78 Å². The fourth-order valence-electron chi connectivity index (χ4n) is 2.16.